The van der Waals surface area contributed by atoms with Gasteiger partial charge in [-0.25, -0.2) is 0 Å². The van der Waals surface area contributed by atoms with Crippen LogP contribution in [0.15, 0.2) is 30.3 Å². The number of nitrogens with one attached hydrogen (secondary N) is 1. The molecule has 166 valence electrons. The molecule has 1 saturated carbocycles. The van der Waals surface area contributed by atoms with Crippen molar-refractivity contribution >= 4 is 11.8 Å². The van der Waals surface area contributed by atoms with Crippen molar-refractivity contribution in [2.24, 2.45) is 11.3 Å². The van der Waals surface area contributed by atoms with E-state index < -0.39 is 0 Å². The molecule has 1 aromatic carbocycles. The normalized spacial score (nSPS) is 20.7. The van der Waals surface area contributed by atoms with E-state index in [1.165, 1.54) is 12.8 Å². The maximum absolute atomic E-state index is 13.4. The summed E-state index contributed by atoms with van der Waals surface area (Å²) in [6.07, 6.45) is 5.26. The molecule has 1 saturated heterocycles. The van der Waals surface area contributed by atoms with Gasteiger partial charge in [0.25, 0.3) is 0 Å². The molecule has 1 aliphatic heterocycles. The summed E-state index contributed by atoms with van der Waals surface area (Å²) in [6, 6.07) is 10.1. The average Bonchev–Trinajstić information content (AvgIpc) is 3.22. The van der Waals surface area contributed by atoms with Gasteiger partial charge in [0.05, 0.1) is 12.1 Å². The van der Waals surface area contributed by atoms with Crippen molar-refractivity contribution in [2.75, 3.05) is 26.2 Å². The second-order valence-electron chi connectivity index (χ2n) is 10.3. The van der Waals surface area contributed by atoms with Crippen molar-refractivity contribution in [2.45, 2.75) is 71.9 Å². The number of carbonyl (C=O) groups is 2. The lowest BCUT2D eigenvalue weighted by Crippen LogP contribution is -2.58. The minimum atomic E-state index is -0.0847. The molecule has 2 atom stereocenters. The summed E-state index contributed by atoms with van der Waals surface area (Å²) in [4.78, 5) is 30.3. The Bertz CT molecular complexity index is 699. The molecule has 30 heavy (non-hydrogen) atoms. The van der Waals surface area contributed by atoms with Crippen LogP contribution in [0.2, 0.25) is 0 Å². The van der Waals surface area contributed by atoms with Gasteiger partial charge in [-0.3, -0.25) is 14.5 Å². The number of carbonyl (C=O) groups excluding carboxylic acids is 2. The Morgan fingerprint density at radius 1 is 1.03 bits per heavy atom. The lowest BCUT2D eigenvalue weighted by Gasteiger charge is -2.41. The zero-order valence-electron chi connectivity index (χ0n) is 19.2. The topological polar surface area (TPSA) is 52.7 Å². The summed E-state index contributed by atoms with van der Waals surface area (Å²) in [7, 11) is 0. The van der Waals surface area contributed by atoms with Crippen LogP contribution >= 0.6 is 0 Å². The number of hydrogen-bond donors (Lipinski definition) is 1. The highest BCUT2D eigenvalue weighted by Gasteiger charge is 2.38. The lowest BCUT2D eigenvalue weighted by molar-refractivity contribution is -0.137. The molecule has 2 fully saturated rings. The van der Waals surface area contributed by atoms with Gasteiger partial charge in [0.15, 0.2) is 0 Å². The first-order valence-electron chi connectivity index (χ1n) is 11.6. The number of piperazine rings is 1. The van der Waals surface area contributed by atoms with Crippen LogP contribution in [0.1, 0.15) is 71.4 Å². The van der Waals surface area contributed by atoms with Crippen LogP contribution in [0.25, 0.3) is 0 Å². The SMILES string of the molecule is CC(NC(=O)C(C1CCCC1)N1CCN(C(=O)CC(C)(C)C)CC1)c1ccccc1. The highest BCUT2D eigenvalue weighted by molar-refractivity contribution is 5.82. The third-order valence-electron chi connectivity index (χ3n) is 6.52. The summed E-state index contributed by atoms with van der Waals surface area (Å²) < 4.78 is 0. The standard InChI is InChI=1S/C25H39N3O2/c1-19(20-10-6-5-7-11-20)26-24(30)23(21-12-8-9-13-21)28-16-14-27(15-17-28)22(29)18-25(2,3)4/h5-7,10-11,19,21,23H,8-9,12-18H2,1-4H3,(H,26,30). The maximum atomic E-state index is 13.4. The van der Waals surface area contributed by atoms with Crippen LogP contribution in [-0.4, -0.2) is 53.8 Å². The highest BCUT2D eigenvalue weighted by Crippen LogP contribution is 2.32. The molecular formula is C25H39N3O2. The van der Waals surface area contributed by atoms with Gasteiger partial charge in [0, 0.05) is 32.6 Å². The lowest BCUT2D eigenvalue weighted by atomic mass is 9.91. The Morgan fingerprint density at radius 3 is 2.20 bits per heavy atom. The number of amides is 2. The molecule has 1 heterocycles. The van der Waals surface area contributed by atoms with Gasteiger partial charge in [-0.15, -0.1) is 0 Å². The molecule has 0 spiro atoms. The fourth-order valence-electron chi connectivity index (χ4n) is 4.89. The fraction of sp³-hybridized carbons (Fsp3) is 0.680. The van der Waals surface area contributed by atoms with E-state index in [9.17, 15) is 9.59 Å². The molecule has 2 unspecified atom stereocenters. The Morgan fingerprint density at radius 2 is 1.63 bits per heavy atom. The van der Waals surface area contributed by atoms with Crippen LogP contribution in [0, 0.1) is 11.3 Å². The number of benzene rings is 1. The third-order valence-corrected chi connectivity index (χ3v) is 6.52. The van der Waals surface area contributed by atoms with Gasteiger partial charge >= 0.3 is 0 Å². The van der Waals surface area contributed by atoms with E-state index in [0.29, 0.717) is 12.3 Å². The number of rotatable bonds is 6. The predicted molar refractivity (Wildman–Crippen MR) is 121 cm³/mol. The Hall–Kier alpha value is -1.88. The van der Waals surface area contributed by atoms with Crippen molar-refractivity contribution in [1.82, 2.24) is 15.1 Å². The fourth-order valence-corrected chi connectivity index (χ4v) is 4.89. The van der Waals surface area contributed by atoms with E-state index in [0.717, 1.165) is 44.6 Å². The molecule has 0 radical (unpaired) electrons. The Kier molecular flexibility index (Phi) is 7.56. The number of hydrogen-bond acceptors (Lipinski definition) is 3. The second-order valence-corrected chi connectivity index (χ2v) is 10.3. The van der Waals surface area contributed by atoms with Crippen LogP contribution in [0.3, 0.4) is 0 Å². The zero-order valence-corrected chi connectivity index (χ0v) is 19.2. The molecule has 1 aliphatic carbocycles. The second kappa shape index (κ2) is 9.95. The van der Waals surface area contributed by atoms with Crippen molar-refractivity contribution in [3.8, 4) is 0 Å². The van der Waals surface area contributed by atoms with E-state index >= 15 is 0 Å². The summed E-state index contributed by atoms with van der Waals surface area (Å²) >= 11 is 0. The number of nitrogens with zero attached hydrogens (tertiary/aromatic N) is 2. The summed E-state index contributed by atoms with van der Waals surface area (Å²) in [5.74, 6) is 0.805. The predicted octanol–water partition coefficient (Wildman–Crippen LogP) is 4.00. The minimum Gasteiger partial charge on any atom is -0.348 e. The Balaban J connectivity index is 1.63. The first kappa shape index (κ1) is 22.8. The van der Waals surface area contributed by atoms with Gasteiger partial charge < -0.3 is 10.2 Å². The molecule has 5 heteroatoms. The Labute approximate surface area is 182 Å². The summed E-state index contributed by atoms with van der Waals surface area (Å²) in [6.45, 7) is 11.4. The maximum Gasteiger partial charge on any atom is 0.238 e. The smallest absolute Gasteiger partial charge is 0.238 e. The van der Waals surface area contributed by atoms with E-state index in [1.54, 1.807) is 0 Å². The summed E-state index contributed by atoms with van der Waals surface area (Å²) in [5, 5.41) is 3.27. The van der Waals surface area contributed by atoms with Crippen LogP contribution in [-0.2, 0) is 9.59 Å². The molecule has 1 N–H and O–H groups in total. The van der Waals surface area contributed by atoms with E-state index in [-0.39, 0.29) is 29.3 Å². The summed E-state index contributed by atoms with van der Waals surface area (Å²) in [5.41, 5.74) is 1.14. The first-order valence-corrected chi connectivity index (χ1v) is 11.6. The molecular weight excluding hydrogens is 374 g/mol. The quantitative estimate of drug-likeness (QED) is 0.767. The van der Waals surface area contributed by atoms with Gasteiger partial charge in [-0.2, -0.15) is 0 Å². The van der Waals surface area contributed by atoms with E-state index in [2.05, 4.69) is 50.0 Å². The van der Waals surface area contributed by atoms with Gasteiger partial charge in [-0.1, -0.05) is 63.9 Å². The monoisotopic (exact) mass is 413 g/mol. The van der Waals surface area contributed by atoms with Crippen LogP contribution < -0.4 is 5.32 Å². The molecule has 2 aliphatic rings. The van der Waals surface area contributed by atoms with Crippen molar-refractivity contribution in [3.05, 3.63) is 35.9 Å². The van der Waals surface area contributed by atoms with Gasteiger partial charge in [-0.05, 0) is 36.7 Å². The zero-order chi connectivity index (χ0) is 21.7. The highest BCUT2D eigenvalue weighted by atomic mass is 16.2. The van der Waals surface area contributed by atoms with Crippen molar-refractivity contribution in [3.63, 3.8) is 0 Å². The molecule has 3 rings (SSSR count). The third kappa shape index (κ3) is 6.07. The van der Waals surface area contributed by atoms with E-state index in [4.69, 9.17) is 0 Å². The van der Waals surface area contributed by atoms with Crippen molar-refractivity contribution < 1.29 is 9.59 Å². The minimum absolute atomic E-state index is 0.00254. The van der Waals surface area contributed by atoms with Gasteiger partial charge in [0.2, 0.25) is 11.8 Å². The van der Waals surface area contributed by atoms with E-state index in [1.807, 2.05) is 23.1 Å². The van der Waals surface area contributed by atoms with Crippen LogP contribution in [0.4, 0.5) is 0 Å². The van der Waals surface area contributed by atoms with Crippen LogP contribution in [0.5, 0.6) is 0 Å². The van der Waals surface area contributed by atoms with Gasteiger partial charge in [0.1, 0.15) is 0 Å². The first-order chi connectivity index (χ1) is 14.2. The average molecular weight is 414 g/mol. The molecule has 2 amide bonds. The largest absolute Gasteiger partial charge is 0.348 e. The molecule has 5 nitrogen and oxygen atoms in total. The molecule has 0 aromatic heterocycles. The van der Waals surface area contributed by atoms with Crippen molar-refractivity contribution in [1.29, 1.82) is 0 Å². The molecule has 0 bridgehead atoms. The molecule has 1 aromatic rings.